The van der Waals surface area contributed by atoms with Crippen molar-refractivity contribution in [2.75, 3.05) is 7.05 Å². The summed E-state index contributed by atoms with van der Waals surface area (Å²) in [5.41, 5.74) is 0. The van der Waals surface area contributed by atoms with Gasteiger partial charge in [0.1, 0.15) is 0 Å². The normalized spacial score (nSPS) is 6.00. The first-order valence-electron chi connectivity index (χ1n) is 1.91. The van der Waals surface area contributed by atoms with E-state index < -0.39 is 0 Å². The summed E-state index contributed by atoms with van der Waals surface area (Å²) in [6.45, 7) is 1.68. The lowest BCUT2D eigenvalue weighted by atomic mass is 10.7. The van der Waals surface area contributed by atoms with Gasteiger partial charge >= 0.3 is 0 Å². The molecule has 0 radical (unpaired) electrons. The van der Waals surface area contributed by atoms with Gasteiger partial charge in [-0.2, -0.15) is 0 Å². The fourth-order valence-electron chi connectivity index (χ4n) is 0.203. The Balaban J connectivity index is 3.49. The summed E-state index contributed by atoms with van der Waals surface area (Å²) >= 11 is 0. The van der Waals surface area contributed by atoms with Crippen molar-refractivity contribution in [2.45, 2.75) is 6.92 Å². The number of carbonyl (C=O) groups excluding carboxylic acids is 1. The van der Waals surface area contributed by atoms with Crippen molar-refractivity contribution in [2.24, 2.45) is 0 Å². The van der Waals surface area contributed by atoms with Crippen molar-refractivity contribution in [3.8, 4) is 12.0 Å². The van der Waals surface area contributed by atoms with Crippen LogP contribution in [0.5, 0.6) is 0 Å². The van der Waals surface area contributed by atoms with Crippen LogP contribution < -0.4 is 0 Å². The minimum atomic E-state index is 0.663. The van der Waals surface area contributed by atoms with Gasteiger partial charge in [-0.25, -0.2) is 0 Å². The van der Waals surface area contributed by atoms with Crippen LogP contribution >= 0.6 is 0 Å². The van der Waals surface area contributed by atoms with E-state index in [0.29, 0.717) is 6.41 Å². The number of amides is 1. The zero-order valence-electron chi connectivity index (χ0n) is 4.43. The molecule has 0 bridgehead atoms. The molecule has 0 aromatic rings. The Kier molecular flexibility index (Phi) is 2.78. The first-order chi connectivity index (χ1) is 3.31. The van der Waals surface area contributed by atoms with Gasteiger partial charge in [0.05, 0.1) is 0 Å². The second-order valence-corrected chi connectivity index (χ2v) is 1.08. The Labute approximate surface area is 43.1 Å². The van der Waals surface area contributed by atoms with E-state index in [1.807, 2.05) is 0 Å². The van der Waals surface area contributed by atoms with Crippen molar-refractivity contribution in [1.29, 1.82) is 0 Å². The minimum Gasteiger partial charge on any atom is -0.278 e. The highest BCUT2D eigenvalue weighted by molar-refractivity contribution is 5.49. The molecule has 2 heteroatoms. The Morgan fingerprint density at radius 2 is 2.29 bits per heavy atom. The molecule has 0 saturated carbocycles. The molecule has 0 aromatic carbocycles. The van der Waals surface area contributed by atoms with Crippen molar-refractivity contribution < 1.29 is 4.79 Å². The van der Waals surface area contributed by atoms with Crippen LogP contribution in [0, 0.1) is 12.0 Å². The summed E-state index contributed by atoms with van der Waals surface area (Å²) in [5.74, 6) is 2.56. The van der Waals surface area contributed by atoms with Gasteiger partial charge in [0.2, 0.25) is 6.41 Å². The molecule has 0 rings (SSSR count). The molecular formula is C5H7NO. The Bertz CT molecular complexity index is 109. The van der Waals surface area contributed by atoms with Gasteiger partial charge in [0.25, 0.3) is 0 Å². The second-order valence-electron chi connectivity index (χ2n) is 1.08. The Hall–Kier alpha value is -0.970. The van der Waals surface area contributed by atoms with E-state index in [0.717, 1.165) is 0 Å². The van der Waals surface area contributed by atoms with E-state index in [1.54, 1.807) is 14.0 Å². The molecule has 0 spiro atoms. The van der Waals surface area contributed by atoms with E-state index in [-0.39, 0.29) is 0 Å². The smallest absolute Gasteiger partial charge is 0.220 e. The average Bonchev–Trinajstić information content (AvgIpc) is 1.68. The lowest BCUT2D eigenvalue weighted by Gasteiger charge is -1.92. The van der Waals surface area contributed by atoms with Crippen LogP contribution in [0.2, 0.25) is 0 Å². The van der Waals surface area contributed by atoms with Crippen LogP contribution in [-0.2, 0) is 4.79 Å². The molecule has 0 saturated heterocycles. The quantitative estimate of drug-likeness (QED) is 0.257. The molecule has 0 unspecified atom stereocenters. The summed E-state index contributed by atoms with van der Waals surface area (Å²) in [7, 11) is 1.60. The van der Waals surface area contributed by atoms with Gasteiger partial charge < -0.3 is 0 Å². The van der Waals surface area contributed by atoms with Gasteiger partial charge in [0.15, 0.2) is 0 Å². The predicted octanol–water partition coefficient (Wildman–Crippen LogP) is 0.0554. The summed E-state index contributed by atoms with van der Waals surface area (Å²) in [6.07, 6.45) is 0.663. The summed E-state index contributed by atoms with van der Waals surface area (Å²) in [4.78, 5) is 11.0. The SMILES string of the molecule is CC#CN(C)C=O. The average molecular weight is 97.1 g/mol. The van der Waals surface area contributed by atoms with Crippen LogP contribution in [0.15, 0.2) is 0 Å². The zero-order valence-corrected chi connectivity index (χ0v) is 4.43. The van der Waals surface area contributed by atoms with Gasteiger partial charge in [-0.05, 0) is 6.92 Å². The fraction of sp³-hybridized carbons (Fsp3) is 0.400. The van der Waals surface area contributed by atoms with Crippen LogP contribution in [0.1, 0.15) is 6.92 Å². The summed E-state index contributed by atoms with van der Waals surface area (Å²) < 4.78 is 0. The zero-order chi connectivity index (χ0) is 5.70. The fourth-order valence-corrected chi connectivity index (χ4v) is 0.203. The third-order valence-corrected chi connectivity index (χ3v) is 0.446. The van der Waals surface area contributed by atoms with E-state index >= 15 is 0 Å². The number of rotatable bonds is 1. The molecule has 0 N–H and O–H groups in total. The lowest BCUT2D eigenvalue weighted by Crippen LogP contribution is -2.06. The number of hydrogen-bond acceptors (Lipinski definition) is 1. The monoisotopic (exact) mass is 97.1 g/mol. The molecule has 7 heavy (non-hydrogen) atoms. The maximum atomic E-state index is 9.72. The number of nitrogens with zero attached hydrogens (tertiary/aromatic N) is 1. The van der Waals surface area contributed by atoms with Gasteiger partial charge in [0, 0.05) is 13.1 Å². The molecule has 0 atom stereocenters. The van der Waals surface area contributed by atoms with Gasteiger partial charge in [-0.1, -0.05) is 5.92 Å². The molecule has 2 nitrogen and oxygen atoms in total. The summed E-state index contributed by atoms with van der Waals surface area (Å²) in [5, 5.41) is 0. The molecule has 0 heterocycles. The topological polar surface area (TPSA) is 20.3 Å². The first-order valence-corrected chi connectivity index (χ1v) is 1.91. The maximum absolute atomic E-state index is 9.72. The first kappa shape index (κ1) is 6.03. The molecule has 38 valence electrons. The van der Waals surface area contributed by atoms with Crippen LogP contribution in [0.25, 0.3) is 0 Å². The third kappa shape index (κ3) is 2.84. The maximum Gasteiger partial charge on any atom is 0.220 e. The minimum absolute atomic E-state index is 0.663. The van der Waals surface area contributed by atoms with Gasteiger partial charge in [-0.3, -0.25) is 9.69 Å². The van der Waals surface area contributed by atoms with Crippen LogP contribution in [0.3, 0.4) is 0 Å². The largest absolute Gasteiger partial charge is 0.278 e. The Morgan fingerprint density at radius 1 is 1.71 bits per heavy atom. The van der Waals surface area contributed by atoms with E-state index in [1.165, 1.54) is 4.90 Å². The molecule has 1 amide bonds. The molecule has 0 aliphatic heterocycles. The van der Waals surface area contributed by atoms with Gasteiger partial charge in [-0.15, -0.1) is 0 Å². The molecular weight excluding hydrogens is 90.1 g/mol. The standard InChI is InChI=1S/C5H7NO/c1-3-4-6(2)5-7/h5H,1-2H3. The van der Waals surface area contributed by atoms with Crippen molar-refractivity contribution >= 4 is 6.41 Å². The number of carbonyl (C=O) groups is 1. The van der Waals surface area contributed by atoms with E-state index in [9.17, 15) is 4.79 Å². The summed E-state index contributed by atoms with van der Waals surface area (Å²) in [6, 6.07) is 2.51. The third-order valence-electron chi connectivity index (χ3n) is 0.446. The lowest BCUT2D eigenvalue weighted by molar-refractivity contribution is -0.114. The highest BCUT2D eigenvalue weighted by Gasteiger charge is 1.76. The van der Waals surface area contributed by atoms with E-state index in [4.69, 9.17) is 0 Å². The number of hydrogen-bond donors (Lipinski definition) is 0. The van der Waals surface area contributed by atoms with Crippen LogP contribution in [-0.4, -0.2) is 18.4 Å². The molecule has 0 aliphatic carbocycles. The highest BCUT2D eigenvalue weighted by Crippen LogP contribution is 1.63. The molecule has 0 fully saturated rings. The Morgan fingerprint density at radius 3 is 2.43 bits per heavy atom. The van der Waals surface area contributed by atoms with Crippen LogP contribution in [0.4, 0.5) is 0 Å². The predicted molar refractivity (Wildman–Crippen MR) is 27.3 cm³/mol. The molecule has 0 aromatic heterocycles. The van der Waals surface area contributed by atoms with E-state index in [2.05, 4.69) is 12.0 Å². The second kappa shape index (κ2) is 3.23. The molecule has 0 aliphatic rings. The van der Waals surface area contributed by atoms with Crippen molar-refractivity contribution in [1.82, 2.24) is 4.90 Å². The highest BCUT2D eigenvalue weighted by atomic mass is 16.1. The van der Waals surface area contributed by atoms with Crippen molar-refractivity contribution in [3.05, 3.63) is 0 Å². The van der Waals surface area contributed by atoms with Crippen molar-refractivity contribution in [3.63, 3.8) is 0 Å².